The van der Waals surface area contributed by atoms with Crippen molar-refractivity contribution in [1.82, 2.24) is 25.8 Å². The lowest BCUT2D eigenvalue weighted by atomic mass is 10.1. The lowest BCUT2D eigenvalue weighted by molar-refractivity contribution is -0.155. The van der Waals surface area contributed by atoms with Crippen molar-refractivity contribution in [2.24, 2.45) is 0 Å². The van der Waals surface area contributed by atoms with Crippen LogP contribution in [0.15, 0.2) is 36.4 Å². The first kappa shape index (κ1) is 25.4. The first-order chi connectivity index (χ1) is 17.7. The van der Waals surface area contributed by atoms with E-state index in [-0.39, 0.29) is 37.2 Å². The zero-order valence-electron chi connectivity index (χ0n) is 19.6. The van der Waals surface area contributed by atoms with Gasteiger partial charge in [0.1, 0.15) is 18.1 Å². The number of nitrogens with zero attached hydrogens (tertiary/aromatic N) is 3. The number of aliphatic carboxylic acids is 1. The molecule has 2 saturated heterocycles. The monoisotopic (exact) mass is 511 g/mol. The van der Waals surface area contributed by atoms with Crippen LogP contribution in [0.25, 0.3) is 10.8 Å². The van der Waals surface area contributed by atoms with Crippen LogP contribution in [0.5, 0.6) is 5.75 Å². The van der Waals surface area contributed by atoms with Gasteiger partial charge >= 0.3 is 12.0 Å². The molecular formula is C24H25N5O8. The number of carbonyl (C=O) groups is 6. The van der Waals surface area contributed by atoms with Gasteiger partial charge in [0, 0.05) is 18.5 Å². The van der Waals surface area contributed by atoms with E-state index in [2.05, 4.69) is 10.7 Å². The molecule has 2 aromatic carbocycles. The summed E-state index contributed by atoms with van der Waals surface area (Å²) in [4.78, 5) is 74.3. The average molecular weight is 511 g/mol. The molecule has 2 aliphatic heterocycles. The first-order valence-electron chi connectivity index (χ1n) is 11.6. The van der Waals surface area contributed by atoms with Crippen LogP contribution in [0.3, 0.4) is 0 Å². The van der Waals surface area contributed by atoms with E-state index in [9.17, 15) is 33.9 Å². The molecule has 2 atom stereocenters. The van der Waals surface area contributed by atoms with E-state index >= 15 is 0 Å². The Kier molecular flexibility index (Phi) is 7.22. The number of hydrazine groups is 2. The molecule has 0 unspecified atom stereocenters. The van der Waals surface area contributed by atoms with Gasteiger partial charge < -0.3 is 20.3 Å². The van der Waals surface area contributed by atoms with Crippen molar-refractivity contribution >= 4 is 46.8 Å². The Morgan fingerprint density at radius 1 is 1.08 bits per heavy atom. The topological polar surface area (TPSA) is 177 Å². The molecule has 2 heterocycles. The number of hydrogen-bond donors (Lipinski definition) is 4. The number of fused-ring (bicyclic) bond motifs is 2. The Hall–Kier alpha value is -4.68. The Morgan fingerprint density at radius 2 is 1.81 bits per heavy atom. The molecule has 37 heavy (non-hydrogen) atoms. The molecule has 0 aromatic heterocycles. The molecule has 2 aliphatic rings. The van der Waals surface area contributed by atoms with Gasteiger partial charge in [-0.15, -0.1) is 0 Å². The number of urea groups is 1. The van der Waals surface area contributed by atoms with Gasteiger partial charge in [-0.1, -0.05) is 12.1 Å². The largest absolute Gasteiger partial charge is 0.508 e. The molecule has 0 aliphatic carbocycles. The maximum atomic E-state index is 13.5. The number of nitrogens with one attached hydrogen (secondary N) is 2. The number of rotatable bonds is 7. The van der Waals surface area contributed by atoms with E-state index in [1.54, 1.807) is 24.3 Å². The Morgan fingerprint density at radius 3 is 2.54 bits per heavy atom. The quantitative estimate of drug-likeness (QED) is 0.386. The van der Waals surface area contributed by atoms with Crippen LogP contribution >= 0.6 is 0 Å². The Balaban J connectivity index is 1.54. The summed E-state index contributed by atoms with van der Waals surface area (Å²) in [7, 11) is 0. The fourth-order valence-electron chi connectivity index (χ4n) is 4.38. The second-order valence-electron chi connectivity index (χ2n) is 8.74. The predicted molar refractivity (Wildman–Crippen MR) is 127 cm³/mol. The molecule has 4 N–H and O–H groups in total. The van der Waals surface area contributed by atoms with Crippen LogP contribution in [0, 0.1) is 0 Å². The highest BCUT2D eigenvalue weighted by molar-refractivity contribution is 6.00. The lowest BCUT2D eigenvalue weighted by Crippen LogP contribution is -2.64. The van der Waals surface area contributed by atoms with Crippen LogP contribution in [-0.4, -0.2) is 86.4 Å². The summed E-state index contributed by atoms with van der Waals surface area (Å²) in [6, 6.07) is 6.12. The molecule has 13 heteroatoms. The van der Waals surface area contributed by atoms with Crippen molar-refractivity contribution in [1.29, 1.82) is 0 Å². The molecule has 0 radical (unpaired) electrons. The molecule has 4 rings (SSSR count). The summed E-state index contributed by atoms with van der Waals surface area (Å²) >= 11 is 0. The van der Waals surface area contributed by atoms with Crippen molar-refractivity contribution in [3.8, 4) is 5.75 Å². The fourth-order valence-corrected chi connectivity index (χ4v) is 4.38. The van der Waals surface area contributed by atoms with E-state index in [4.69, 9.17) is 5.11 Å². The summed E-state index contributed by atoms with van der Waals surface area (Å²) in [6.45, 7) is 0.0437. The minimum atomic E-state index is -1.30. The third-order valence-electron chi connectivity index (χ3n) is 6.18. The molecule has 194 valence electrons. The Bertz CT molecular complexity index is 1280. The number of carbonyl (C=O) groups excluding carboxylic acids is 5. The summed E-state index contributed by atoms with van der Waals surface area (Å²) in [5, 5.41) is 25.3. The first-order valence-corrected chi connectivity index (χ1v) is 11.6. The molecule has 5 amide bonds. The molecule has 2 aromatic rings. The van der Waals surface area contributed by atoms with E-state index in [0.717, 1.165) is 15.0 Å². The van der Waals surface area contributed by atoms with Gasteiger partial charge in [-0.25, -0.2) is 19.8 Å². The van der Waals surface area contributed by atoms with E-state index in [1.807, 2.05) is 0 Å². The van der Waals surface area contributed by atoms with Crippen molar-refractivity contribution in [3.63, 3.8) is 0 Å². The minimum absolute atomic E-state index is 0.0802. The number of aromatic hydroxyl groups is 1. The smallest absolute Gasteiger partial charge is 0.358 e. The average Bonchev–Trinajstić information content (AvgIpc) is 2.99. The highest BCUT2D eigenvalue weighted by atomic mass is 16.4. The second kappa shape index (κ2) is 10.5. The summed E-state index contributed by atoms with van der Waals surface area (Å²) in [5.41, 5.74) is 2.73. The van der Waals surface area contributed by atoms with Gasteiger partial charge in [0.2, 0.25) is 11.8 Å². The van der Waals surface area contributed by atoms with Crippen molar-refractivity contribution < 1.29 is 39.0 Å². The fraction of sp³-hybridized carbons (Fsp3) is 0.333. The summed E-state index contributed by atoms with van der Waals surface area (Å²) < 4.78 is 0. The van der Waals surface area contributed by atoms with Gasteiger partial charge in [0.15, 0.2) is 0 Å². The van der Waals surface area contributed by atoms with Crippen LogP contribution in [0.1, 0.15) is 36.0 Å². The van der Waals surface area contributed by atoms with E-state index in [1.165, 1.54) is 12.1 Å². The zero-order chi connectivity index (χ0) is 26.7. The lowest BCUT2D eigenvalue weighted by Gasteiger charge is -2.42. The van der Waals surface area contributed by atoms with Crippen LogP contribution in [-0.2, 0) is 19.2 Å². The van der Waals surface area contributed by atoms with Crippen LogP contribution in [0.4, 0.5) is 4.79 Å². The second-order valence-corrected chi connectivity index (χ2v) is 8.74. The van der Waals surface area contributed by atoms with Crippen LogP contribution < -0.4 is 10.7 Å². The van der Waals surface area contributed by atoms with Gasteiger partial charge in [-0.3, -0.25) is 24.6 Å². The maximum Gasteiger partial charge on any atom is 0.358 e. The Labute approximate surface area is 210 Å². The third kappa shape index (κ3) is 5.44. The van der Waals surface area contributed by atoms with Crippen molar-refractivity contribution in [3.05, 3.63) is 42.0 Å². The number of amides is 5. The molecule has 13 nitrogen and oxygen atoms in total. The molecule has 0 spiro atoms. The van der Waals surface area contributed by atoms with Gasteiger partial charge in [-0.05, 0) is 47.9 Å². The molecular weight excluding hydrogens is 486 g/mol. The summed E-state index contributed by atoms with van der Waals surface area (Å²) in [5.74, 6) is -3.04. The molecule has 0 saturated carbocycles. The predicted octanol–water partition coefficient (Wildman–Crippen LogP) is 0.382. The van der Waals surface area contributed by atoms with Gasteiger partial charge in [-0.2, -0.15) is 0 Å². The number of benzene rings is 2. The molecule has 0 bridgehead atoms. The number of phenolic OH excluding ortho intramolecular Hbond substituents is 1. The van der Waals surface area contributed by atoms with Gasteiger partial charge in [0.05, 0.1) is 19.0 Å². The number of phenols is 1. The van der Waals surface area contributed by atoms with Crippen molar-refractivity contribution in [2.75, 3.05) is 13.1 Å². The third-order valence-corrected chi connectivity index (χ3v) is 6.18. The van der Waals surface area contributed by atoms with E-state index in [0.29, 0.717) is 23.5 Å². The van der Waals surface area contributed by atoms with Crippen LogP contribution in [0.2, 0.25) is 0 Å². The number of carboxylic acid groups (broad SMARTS) is 1. The number of hydrogen-bond acceptors (Lipinski definition) is 7. The maximum absolute atomic E-state index is 13.5. The van der Waals surface area contributed by atoms with Gasteiger partial charge in [0.25, 0.3) is 5.91 Å². The molecule has 2 fully saturated rings. The normalized spacial score (nSPS) is 18.6. The van der Waals surface area contributed by atoms with Crippen molar-refractivity contribution in [2.45, 2.75) is 37.8 Å². The zero-order valence-corrected chi connectivity index (χ0v) is 19.6. The minimum Gasteiger partial charge on any atom is -0.508 e. The standard InChI is InChI=1S/C24H25N5O8/c30-13-17(12-21(33)34)25-23(36)19-2-1-8-28-20(32)7-9-27(24(37)29(19)28)26-22(35)16-4-3-15-11-18(31)6-5-14(15)10-16/h3-6,10-11,13,17,19,31H,1-2,7-9,12H2,(H,25,36)(H,26,35)(H,33,34)/t17-,19-/m0/s1. The highest BCUT2D eigenvalue weighted by Gasteiger charge is 2.44. The number of aldehydes is 1. The SMILES string of the molecule is O=C[C@H](CC(=O)O)NC(=O)[C@@H]1CCCN2C(=O)CCN(NC(=O)c3ccc4cc(O)ccc4c3)C(=O)N12. The highest BCUT2D eigenvalue weighted by Crippen LogP contribution is 2.25. The number of carboxylic acids is 1. The van der Waals surface area contributed by atoms with E-state index < -0.39 is 48.2 Å². The summed E-state index contributed by atoms with van der Waals surface area (Å²) in [6.07, 6.45) is 0.117.